The fraction of sp³-hybridized carbons (Fsp3) is 0.333. The number of nitrogens with one attached hydrogen (secondary N) is 2. The number of carbonyl (C=O) groups is 6. The van der Waals surface area contributed by atoms with Gasteiger partial charge in [-0.05, 0) is 18.1 Å². The van der Waals surface area contributed by atoms with Crippen LogP contribution in [0.1, 0.15) is 45.5 Å². The Morgan fingerprint density at radius 1 is 1.18 bits per heavy atom. The zero-order valence-corrected chi connectivity index (χ0v) is 14.7. The molecule has 2 aliphatic heterocycles. The van der Waals surface area contributed by atoms with Gasteiger partial charge in [-0.2, -0.15) is 0 Å². The zero-order chi connectivity index (χ0) is 20.4. The number of piperidine rings is 1. The first-order valence-electron chi connectivity index (χ1n) is 8.61. The van der Waals surface area contributed by atoms with Crippen LogP contribution in [0.2, 0.25) is 0 Å². The minimum atomic E-state index is -1.08. The first-order chi connectivity index (χ1) is 13.3. The maximum absolute atomic E-state index is 12.9. The Morgan fingerprint density at radius 3 is 2.61 bits per heavy atom. The Morgan fingerprint density at radius 2 is 1.93 bits per heavy atom. The van der Waals surface area contributed by atoms with E-state index in [9.17, 15) is 28.8 Å². The van der Waals surface area contributed by atoms with Gasteiger partial charge in [-0.1, -0.05) is 12.1 Å². The van der Waals surface area contributed by atoms with Crippen LogP contribution in [0.5, 0.6) is 0 Å². The maximum Gasteiger partial charge on any atom is 0.305 e. The molecule has 0 aliphatic carbocycles. The Balaban J connectivity index is 1.80. The SMILES string of the molecule is O=C(O)CCNC(=O)Cc1cccc2c1C(=O)N(C1CCC(=O)NC1=O)C2=O. The van der Waals surface area contributed by atoms with E-state index in [1.54, 1.807) is 0 Å². The molecule has 1 aromatic carbocycles. The molecule has 2 aliphatic rings. The van der Waals surface area contributed by atoms with Gasteiger partial charge in [0.15, 0.2) is 0 Å². The van der Waals surface area contributed by atoms with Crippen molar-refractivity contribution < 1.29 is 33.9 Å². The molecule has 1 aromatic rings. The molecule has 10 nitrogen and oxygen atoms in total. The highest BCUT2D eigenvalue weighted by Gasteiger charge is 2.45. The van der Waals surface area contributed by atoms with E-state index in [2.05, 4.69) is 10.6 Å². The highest BCUT2D eigenvalue weighted by molar-refractivity contribution is 6.24. The van der Waals surface area contributed by atoms with Gasteiger partial charge in [0.05, 0.1) is 24.0 Å². The minimum absolute atomic E-state index is 0.0165. The normalized spacial score (nSPS) is 18.7. The van der Waals surface area contributed by atoms with Gasteiger partial charge in [0.1, 0.15) is 6.04 Å². The molecule has 10 heteroatoms. The third kappa shape index (κ3) is 3.61. The van der Waals surface area contributed by atoms with E-state index in [1.165, 1.54) is 18.2 Å². The number of carboxylic acids is 1. The third-order valence-electron chi connectivity index (χ3n) is 4.57. The molecule has 0 aromatic heterocycles. The van der Waals surface area contributed by atoms with Crippen LogP contribution in [0.25, 0.3) is 0 Å². The Bertz CT molecular complexity index is 908. The lowest BCUT2D eigenvalue weighted by Gasteiger charge is -2.27. The van der Waals surface area contributed by atoms with Gasteiger partial charge >= 0.3 is 5.97 Å². The van der Waals surface area contributed by atoms with Crippen molar-refractivity contribution in [3.63, 3.8) is 0 Å². The second-order valence-electron chi connectivity index (χ2n) is 6.46. The van der Waals surface area contributed by atoms with Gasteiger partial charge in [0, 0.05) is 13.0 Å². The third-order valence-corrected chi connectivity index (χ3v) is 4.57. The highest BCUT2D eigenvalue weighted by atomic mass is 16.4. The molecule has 2 heterocycles. The monoisotopic (exact) mass is 387 g/mol. The first kappa shape index (κ1) is 19.2. The summed E-state index contributed by atoms with van der Waals surface area (Å²) in [5.41, 5.74) is 0.439. The highest BCUT2D eigenvalue weighted by Crippen LogP contribution is 2.30. The van der Waals surface area contributed by atoms with Crippen molar-refractivity contribution in [1.29, 1.82) is 0 Å². The summed E-state index contributed by atoms with van der Waals surface area (Å²) in [6, 6.07) is 3.40. The fourth-order valence-electron chi connectivity index (χ4n) is 3.28. The number of aliphatic carboxylic acids is 1. The van der Waals surface area contributed by atoms with Crippen LogP contribution in [-0.4, -0.2) is 58.1 Å². The zero-order valence-electron chi connectivity index (χ0n) is 14.7. The number of rotatable bonds is 6. The van der Waals surface area contributed by atoms with E-state index in [-0.39, 0.29) is 43.4 Å². The number of fused-ring (bicyclic) bond motifs is 1. The quantitative estimate of drug-likeness (QED) is 0.542. The van der Waals surface area contributed by atoms with Gasteiger partial charge in [0.2, 0.25) is 17.7 Å². The predicted molar refractivity (Wildman–Crippen MR) is 92.1 cm³/mol. The van der Waals surface area contributed by atoms with Gasteiger partial charge in [-0.25, -0.2) is 0 Å². The summed E-state index contributed by atoms with van der Waals surface area (Å²) < 4.78 is 0. The molecule has 28 heavy (non-hydrogen) atoms. The van der Waals surface area contributed by atoms with Crippen LogP contribution in [-0.2, 0) is 25.6 Å². The van der Waals surface area contributed by atoms with Crippen molar-refractivity contribution in [2.24, 2.45) is 0 Å². The van der Waals surface area contributed by atoms with E-state index in [4.69, 9.17) is 5.11 Å². The Hall–Kier alpha value is -3.56. The molecule has 146 valence electrons. The standard InChI is InChI=1S/C18H17N3O7/c22-12-5-4-11(16(26)20-12)21-17(27)10-3-1-2-9(15(10)18(21)28)8-13(23)19-7-6-14(24)25/h1-3,11H,4-8H2,(H,19,23)(H,24,25)(H,20,22,26). The van der Waals surface area contributed by atoms with Crippen LogP contribution in [0, 0.1) is 0 Å². The van der Waals surface area contributed by atoms with Crippen LogP contribution < -0.4 is 10.6 Å². The number of carboxylic acid groups (broad SMARTS) is 1. The average molecular weight is 387 g/mol. The van der Waals surface area contributed by atoms with Crippen molar-refractivity contribution in [3.05, 3.63) is 34.9 Å². The molecule has 0 spiro atoms. The molecule has 1 atom stereocenters. The van der Waals surface area contributed by atoms with Crippen molar-refractivity contribution in [1.82, 2.24) is 15.5 Å². The van der Waals surface area contributed by atoms with Crippen LogP contribution >= 0.6 is 0 Å². The summed E-state index contributed by atoms with van der Waals surface area (Å²) in [5, 5.41) is 13.2. The average Bonchev–Trinajstić information content (AvgIpc) is 2.87. The lowest BCUT2D eigenvalue weighted by atomic mass is 10.00. The number of nitrogens with zero attached hydrogens (tertiary/aromatic N) is 1. The lowest BCUT2D eigenvalue weighted by molar-refractivity contribution is -0.138. The van der Waals surface area contributed by atoms with E-state index in [0.717, 1.165) is 4.90 Å². The molecule has 0 saturated carbocycles. The molecule has 3 rings (SSSR count). The maximum atomic E-state index is 12.9. The van der Waals surface area contributed by atoms with Gasteiger partial charge in [0.25, 0.3) is 11.8 Å². The van der Waals surface area contributed by atoms with Crippen molar-refractivity contribution in [2.45, 2.75) is 31.7 Å². The van der Waals surface area contributed by atoms with E-state index >= 15 is 0 Å². The fourth-order valence-corrected chi connectivity index (χ4v) is 3.28. The van der Waals surface area contributed by atoms with Gasteiger partial charge in [-0.15, -0.1) is 0 Å². The largest absolute Gasteiger partial charge is 0.481 e. The predicted octanol–water partition coefficient (Wildman–Crippen LogP) is -0.779. The molecular formula is C18H17N3O7. The van der Waals surface area contributed by atoms with Gasteiger partial charge < -0.3 is 10.4 Å². The van der Waals surface area contributed by atoms with E-state index < -0.39 is 41.5 Å². The molecule has 1 unspecified atom stereocenters. The second-order valence-corrected chi connectivity index (χ2v) is 6.46. The Kier molecular flexibility index (Phi) is 5.21. The van der Waals surface area contributed by atoms with Crippen molar-refractivity contribution >= 4 is 35.5 Å². The number of amides is 5. The smallest absolute Gasteiger partial charge is 0.305 e. The van der Waals surface area contributed by atoms with Crippen LogP contribution in [0.3, 0.4) is 0 Å². The number of imide groups is 2. The molecule has 0 radical (unpaired) electrons. The molecule has 1 fully saturated rings. The number of hydrogen-bond acceptors (Lipinski definition) is 6. The topological polar surface area (TPSA) is 150 Å². The van der Waals surface area contributed by atoms with E-state index in [1.807, 2.05) is 0 Å². The molecule has 5 amide bonds. The summed E-state index contributed by atoms with van der Waals surface area (Å²) in [6.45, 7) is -0.0571. The Labute approximate surface area is 158 Å². The summed E-state index contributed by atoms with van der Waals surface area (Å²) in [7, 11) is 0. The summed E-state index contributed by atoms with van der Waals surface area (Å²) in [4.78, 5) is 72.3. The molecule has 3 N–H and O–H groups in total. The molecule has 0 bridgehead atoms. The lowest BCUT2D eigenvalue weighted by Crippen LogP contribution is -2.54. The number of hydrogen-bond donors (Lipinski definition) is 3. The molecular weight excluding hydrogens is 370 g/mol. The minimum Gasteiger partial charge on any atom is -0.481 e. The second kappa shape index (κ2) is 7.59. The van der Waals surface area contributed by atoms with Crippen molar-refractivity contribution in [2.75, 3.05) is 6.54 Å². The van der Waals surface area contributed by atoms with Crippen LogP contribution in [0.4, 0.5) is 0 Å². The summed E-state index contributed by atoms with van der Waals surface area (Å²) in [5.74, 6) is -4.06. The first-order valence-corrected chi connectivity index (χ1v) is 8.61. The molecule has 1 saturated heterocycles. The number of benzene rings is 1. The van der Waals surface area contributed by atoms with Gasteiger partial charge in [-0.3, -0.25) is 39.0 Å². The number of carbonyl (C=O) groups excluding carboxylic acids is 5. The van der Waals surface area contributed by atoms with E-state index in [0.29, 0.717) is 5.56 Å². The van der Waals surface area contributed by atoms with Crippen molar-refractivity contribution in [3.8, 4) is 0 Å². The summed E-state index contributed by atoms with van der Waals surface area (Å²) in [6.07, 6.45) is -0.395. The van der Waals surface area contributed by atoms with Crippen LogP contribution in [0.15, 0.2) is 18.2 Å². The summed E-state index contributed by atoms with van der Waals surface area (Å²) >= 11 is 0.